The summed E-state index contributed by atoms with van der Waals surface area (Å²) in [7, 11) is 0. The quantitative estimate of drug-likeness (QED) is 0.189. The second-order valence-electron chi connectivity index (χ2n) is 9.31. The molecule has 39 heavy (non-hydrogen) atoms. The highest BCUT2D eigenvalue weighted by Gasteiger charge is 2.16. The van der Waals surface area contributed by atoms with E-state index in [9.17, 15) is 0 Å². The van der Waals surface area contributed by atoms with Gasteiger partial charge in [-0.05, 0) is 106 Å². The lowest BCUT2D eigenvalue weighted by Gasteiger charge is -2.04. The standard InChI is InChI=1S/C32H19Br3N4/c33-20-5-1-18(2-6-20)30-24-11-9-22(36-24)17-23-10-12-25(37-23)31(19-3-7-21(34)8-4-19)27-14-16-29(39-27)32(35)28-15-13-26(30)38-28/h1-17,36-37H. The van der Waals surface area contributed by atoms with Crippen molar-refractivity contribution in [1.82, 2.24) is 19.9 Å². The zero-order chi connectivity index (χ0) is 26.5. The summed E-state index contributed by atoms with van der Waals surface area (Å²) in [5.41, 5.74) is 11.7. The Labute approximate surface area is 250 Å². The number of rotatable bonds is 2. The zero-order valence-electron chi connectivity index (χ0n) is 20.3. The first-order valence-corrected chi connectivity index (χ1v) is 14.7. The van der Waals surface area contributed by atoms with Crippen LogP contribution in [0.2, 0.25) is 0 Å². The lowest BCUT2D eigenvalue weighted by molar-refractivity contribution is 1.25. The average molecular weight is 699 g/mol. The van der Waals surface area contributed by atoms with Crippen LogP contribution >= 0.6 is 47.8 Å². The maximum atomic E-state index is 5.05. The van der Waals surface area contributed by atoms with E-state index in [0.717, 1.165) is 80.5 Å². The van der Waals surface area contributed by atoms with Gasteiger partial charge in [0.1, 0.15) is 0 Å². The van der Waals surface area contributed by atoms with Gasteiger partial charge in [0.25, 0.3) is 0 Å². The van der Waals surface area contributed by atoms with Gasteiger partial charge in [0.2, 0.25) is 0 Å². The van der Waals surface area contributed by atoms with Crippen LogP contribution in [0.1, 0.15) is 22.8 Å². The number of aromatic amines is 2. The number of nitrogens with one attached hydrogen (secondary N) is 2. The first kappa shape index (κ1) is 24.5. The number of nitrogens with zero attached hydrogens (tertiary/aromatic N) is 2. The van der Waals surface area contributed by atoms with Gasteiger partial charge in [0, 0.05) is 42.1 Å². The SMILES string of the molecule is Brc1ccc(-c2c3nc(c(Br)c4nc(c(-c5ccc(Br)cc5)c5ccc(cc6ccc2[nH]6)[nH]5)C=C4)C=C3)cc1. The third-order valence-corrected chi connectivity index (χ3v) is 8.64. The van der Waals surface area contributed by atoms with Crippen LogP contribution in [-0.4, -0.2) is 19.9 Å². The molecule has 0 amide bonds. The first-order valence-electron chi connectivity index (χ1n) is 12.3. The molecule has 8 bridgehead atoms. The van der Waals surface area contributed by atoms with Crippen LogP contribution in [0.15, 0.2) is 92.3 Å². The Morgan fingerprint density at radius 3 is 1.31 bits per heavy atom. The number of hydrogen-bond donors (Lipinski definition) is 2. The highest BCUT2D eigenvalue weighted by atomic mass is 79.9. The predicted octanol–water partition coefficient (Wildman–Crippen LogP) is 10.3. The van der Waals surface area contributed by atoms with Gasteiger partial charge in [-0.15, -0.1) is 0 Å². The largest absolute Gasteiger partial charge is 0.355 e. The molecule has 0 radical (unpaired) electrons. The first-order chi connectivity index (χ1) is 19.0. The minimum absolute atomic E-state index is 0.835. The summed E-state index contributed by atoms with van der Waals surface area (Å²) >= 11 is 10.9. The van der Waals surface area contributed by atoms with Crippen LogP contribution in [-0.2, 0) is 0 Å². The van der Waals surface area contributed by atoms with Crippen molar-refractivity contribution in [2.24, 2.45) is 0 Å². The summed E-state index contributed by atoms with van der Waals surface area (Å²) in [5, 5.41) is 0. The molecule has 7 rings (SSSR count). The smallest absolute Gasteiger partial charge is 0.0801 e. The molecular formula is C32H19Br3N4. The van der Waals surface area contributed by atoms with E-state index < -0.39 is 0 Å². The van der Waals surface area contributed by atoms with Crippen LogP contribution in [0.25, 0.3) is 68.6 Å². The van der Waals surface area contributed by atoms with Crippen LogP contribution in [0.3, 0.4) is 0 Å². The van der Waals surface area contributed by atoms with E-state index in [1.165, 1.54) is 0 Å². The molecule has 0 saturated heterocycles. The third kappa shape index (κ3) is 4.65. The van der Waals surface area contributed by atoms with Crippen LogP contribution < -0.4 is 0 Å². The van der Waals surface area contributed by atoms with Gasteiger partial charge in [0.05, 0.1) is 27.2 Å². The maximum absolute atomic E-state index is 5.05. The number of aromatic nitrogens is 4. The molecular weight excluding hydrogens is 680 g/mol. The summed E-state index contributed by atoms with van der Waals surface area (Å²) in [6.45, 7) is 0. The molecule has 0 fully saturated rings. The predicted molar refractivity (Wildman–Crippen MR) is 173 cm³/mol. The topological polar surface area (TPSA) is 57.4 Å². The van der Waals surface area contributed by atoms with E-state index in [0.29, 0.717) is 0 Å². The molecule has 7 heteroatoms. The summed E-state index contributed by atoms with van der Waals surface area (Å²) in [4.78, 5) is 17.3. The van der Waals surface area contributed by atoms with E-state index >= 15 is 0 Å². The van der Waals surface area contributed by atoms with E-state index in [2.05, 4.69) is 149 Å². The van der Waals surface area contributed by atoms with E-state index in [-0.39, 0.29) is 0 Å². The zero-order valence-corrected chi connectivity index (χ0v) is 25.1. The Balaban J connectivity index is 1.59. The highest BCUT2D eigenvalue weighted by Crippen LogP contribution is 2.35. The van der Waals surface area contributed by atoms with E-state index in [1.54, 1.807) is 0 Å². The Bertz CT molecular complexity index is 1840. The van der Waals surface area contributed by atoms with Gasteiger partial charge in [0.15, 0.2) is 0 Å². The minimum Gasteiger partial charge on any atom is -0.355 e. The van der Waals surface area contributed by atoms with Crippen molar-refractivity contribution in [3.05, 3.63) is 115 Å². The summed E-state index contributed by atoms with van der Waals surface area (Å²) in [6.07, 6.45) is 8.21. The monoisotopic (exact) mass is 696 g/mol. The number of fused-ring (bicyclic) bond motifs is 8. The average Bonchev–Trinajstić information content (AvgIpc) is 3.75. The molecule has 0 atom stereocenters. The molecule has 2 N–H and O–H groups in total. The number of hydrogen-bond acceptors (Lipinski definition) is 2. The molecule has 0 spiro atoms. The molecule has 188 valence electrons. The number of H-pyrrole nitrogens is 2. The van der Waals surface area contributed by atoms with Crippen LogP contribution in [0, 0.1) is 0 Å². The molecule has 2 aliphatic rings. The van der Waals surface area contributed by atoms with Gasteiger partial charge in [-0.25, -0.2) is 9.97 Å². The van der Waals surface area contributed by atoms with E-state index in [4.69, 9.17) is 9.97 Å². The van der Waals surface area contributed by atoms with Gasteiger partial charge in [-0.3, -0.25) is 0 Å². The van der Waals surface area contributed by atoms with E-state index in [1.807, 2.05) is 12.2 Å². The number of benzene rings is 2. The summed E-state index contributed by atoms with van der Waals surface area (Å²) in [6, 6.07) is 27.2. The van der Waals surface area contributed by atoms with Crippen molar-refractivity contribution >= 4 is 94.2 Å². The molecule has 2 aliphatic heterocycles. The fourth-order valence-corrected chi connectivity index (χ4v) is 5.92. The number of halogens is 3. The lowest BCUT2D eigenvalue weighted by Crippen LogP contribution is -1.87. The van der Waals surface area contributed by atoms with Crippen molar-refractivity contribution in [3.63, 3.8) is 0 Å². The van der Waals surface area contributed by atoms with Gasteiger partial charge in [-0.1, -0.05) is 56.1 Å². The Morgan fingerprint density at radius 2 is 0.872 bits per heavy atom. The normalized spacial score (nSPS) is 12.3. The van der Waals surface area contributed by atoms with Crippen molar-refractivity contribution in [3.8, 4) is 22.3 Å². The van der Waals surface area contributed by atoms with Gasteiger partial charge < -0.3 is 9.97 Å². The van der Waals surface area contributed by atoms with Crippen molar-refractivity contribution in [2.45, 2.75) is 0 Å². The maximum Gasteiger partial charge on any atom is 0.0801 e. The fraction of sp³-hybridized carbons (Fsp3) is 0. The molecule has 0 unspecified atom stereocenters. The molecule has 5 heterocycles. The minimum atomic E-state index is 0.835. The molecule has 4 nitrogen and oxygen atoms in total. The van der Waals surface area contributed by atoms with Gasteiger partial charge in [-0.2, -0.15) is 0 Å². The van der Waals surface area contributed by atoms with Gasteiger partial charge >= 0.3 is 0 Å². The molecule has 0 aliphatic carbocycles. The third-order valence-electron chi connectivity index (χ3n) is 6.77. The Kier molecular flexibility index (Phi) is 6.22. The highest BCUT2D eigenvalue weighted by molar-refractivity contribution is 9.11. The van der Waals surface area contributed by atoms with Crippen molar-refractivity contribution in [1.29, 1.82) is 0 Å². The van der Waals surface area contributed by atoms with Crippen LogP contribution in [0.5, 0.6) is 0 Å². The van der Waals surface area contributed by atoms with Crippen molar-refractivity contribution < 1.29 is 0 Å². The molecule has 5 aromatic rings. The van der Waals surface area contributed by atoms with Crippen LogP contribution in [0.4, 0.5) is 0 Å². The fourth-order valence-electron chi connectivity index (χ4n) is 4.95. The van der Waals surface area contributed by atoms with Crippen molar-refractivity contribution in [2.75, 3.05) is 0 Å². The second kappa shape index (κ2) is 9.90. The Hall–Kier alpha value is -3.52. The lowest BCUT2D eigenvalue weighted by atomic mass is 10.0. The molecule has 3 aromatic heterocycles. The molecule has 2 aromatic carbocycles. The summed E-state index contributed by atoms with van der Waals surface area (Å²) in [5.74, 6) is 0. The summed E-state index contributed by atoms with van der Waals surface area (Å²) < 4.78 is 2.92. The molecule has 0 saturated carbocycles. The Morgan fingerprint density at radius 1 is 0.462 bits per heavy atom. The second-order valence-corrected chi connectivity index (χ2v) is 11.9.